The second-order valence-corrected chi connectivity index (χ2v) is 10.3. The average Bonchev–Trinajstić information content (AvgIpc) is 2.82. The summed E-state index contributed by atoms with van der Waals surface area (Å²) in [6, 6.07) is 5.11. The van der Waals surface area contributed by atoms with Crippen molar-refractivity contribution in [1.82, 2.24) is 19.8 Å². The van der Waals surface area contributed by atoms with Crippen LogP contribution in [-0.4, -0.2) is 83.9 Å². The Bertz CT molecular complexity index is 1200. The number of fused-ring (bicyclic) bond motifs is 2. The van der Waals surface area contributed by atoms with Crippen LogP contribution in [0.3, 0.4) is 0 Å². The SMILES string of the molecule is CN1CCN(CCCNc2cc(O[C@H]3CC4C=c5ccc(=O)oc5=CC4OC3(C)C)ncn2)CC1. The molecule has 2 fully saturated rings. The van der Waals surface area contributed by atoms with Gasteiger partial charge in [0.1, 0.15) is 29.3 Å². The van der Waals surface area contributed by atoms with Crippen LogP contribution < -0.4 is 26.3 Å². The number of rotatable bonds is 7. The van der Waals surface area contributed by atoms with Gasteiger partial charge in [-0.25, -0.2) is 14.8 Å². The van der Waals surface area contributed by atoms with Gasteiger partial charge in [-0.05, 0) is 52.4 Å². The zero-order valence-corrected chi connectivity index (χ0v) is 20.8. The van der Waals surface area contributed by atoms with Crippen LogP contribution in [0.1, 0.15) is 26.7 Å². The molecule has 3 atom stereocenters. The third-order valence-corrected chi connectivity index (χ3v) is 7.18. The first kappa shape index (κ1) is 24.0. The topological polar surface area (TPSA) is 93.0 Å². The molecule has 1 N–H and O–H groups in total. The average molecular weight is 482 g/mol. The van der Waals surface area contributed by atoms with E-state index < -0.39 is 5.60 Å². The summed E-state index contributed by atoms with van der Waals surface area (Å²) in [6.45, 7) is 10.5. The Morgan fingerprint density at radius 1 is 1.17 bits per heavy atom. The minimum atomic E-state index is -0.543. The predicted octanol–water partition coefficient (Wildman–Crippen LogP) is 0.685. The summed E-state index contributed by atoms with van der Waals surface area (Å²) in [4.78, 5) is 25.2. The molecule has 5 rings (SSSR count). The van der Waals surface area contributed by atoms with Gasteiger partial charge in [-0.1, -0.05) is 6.08 Å². The van der Waals surface area contributed by atoms with Crippen molar-refractivity contribution in [1.29, 1.82) is 0 Å². The molecule has 0 radical (unpaired) electrons. The minimum Gasteiger partial charge on any atom is -0.471 e. The van der Waals surface area contributed by atoms with E-state index in [2.05, 4.69) is 38.2 Å². The van der Waals surface area contributed by atoms with Gasteiger partial charge in [0, 0.05) is 56.0 Å². The maximum absolute atomic E-state index is 11.6. The first-order chi connectivity index (χ1) is 16.9. The molecule has 2 aromatic heterocycles. The van der Waals surface area contributed by atoms with Gasteiger partial charge in [0.15, 0.2) is 0 Å². The molecule has 2 saturated heterocycles. The molecule has 35 heavy (non-hydrogen) atoms. The molecule has 1 aliphatic carbocycles. The van der Waals surface area contributed by atoms with E-state index in [1.807, 2.05) is 26.0 Å². The Morgan fingerprint density at radius 3 is 2.83 bits per heavy atom. The molecule has 9 nitrogen and oxygen atoms in total. The molecular weight excluding hydrogens is 446 g/mol. The van der Waals surface area contributed by atoms with Crippen molar-refractivity contribution >= 4 is 18.0 Å². The Labute approximate surface area is 205 Å². The number of ether oxygens (including phenoxy) is 2. The summed E-state index contributed by atoms with van der Waals surface area (Å²) in [5.74, 6) is 1.43. The molecule has 2 unspecified atom stereocenters. The fourth-order valence-electron chi connectivity index (χ4n) is 5.02. The number of anilines is 1. The van der Waals surface area contributed by atoms with Crippen LogP contribution in [0.15, 0.2) is 33.7 Å². The summed E-state index contributed by atoms with van der Waals surface area (Å²) in [5, 5.41) is 4.32. The molecule has 3 aliphatic rings. The minimum absolute atomic E-state index is 0.127. The van der Waals surface area contributed by atoms with E-state index >= 15 is 0 Å². The normalized spacial score (nSPS) is 26.1. The van der Waals surface area contributed by atoms with E-state index in [-0.39, 0.29) is 23.8 Å². The van der Waals surface area contributed by atoms with Crippen molar-refractivity contribution in [2.45, 2.75) is 44.5 Å². The Morgan fingerprint density at radius 2 is 2.00 bits per heavy atom. The molecule has 0 bridgehead atoms. The van der Waals surface area contributed by atoms with Gasteiger partial charge in [0.05, 0.1) is 6.10 Å². The van der Waals surface area contributed by atoms with Crippen molar-refractivity contribution in [2.75, 3.05) is 51.6 Å². The Hall–Kier alpha value is -2.75. The van der Waals surface area contributed by atoms with Gasteiger partial charge in [0.2, 0.25) is 5.88 Å². The number of hydrogen-bond donors (Lipinski definition) is 1. The molecule has 0 saturated carbocycles. The Kier molecular flexibility index (Phi) is 6.91. The molecular formula is C26H35N5O4. The van der Waals surface area contributed by atoms with Crippen molar-refractivity contribution in [3.8, 4) is 5.88 Å². The number of likely N-dealkylation sites (N-methyl/N-ethyl adjacent to an activating group) is 1. The van der Waals surface area contributed by atoms with E-state index in [0.29, 0.717) is 11.3 Å². The number of nitrogens with one attached hydrogen (secondary N) is 1. The lowest BCUT2D eigenvalue weighted by Crippen LogP contribution is -2.54. The summed E-state index contributed by atoms with van der Waals surface area (Å²) >= 11 is 0. The van der Waals surface area contributed by atoms with Gasteiger partial charge in [0.25, 0.3) is 0 Å². The van der Waals surface area contributed by atoms with Crippen molar-refractivity contribution in [3.05, 3.63) is 45.6 Å². The fraction of sp³-hybridized carbons (Fsp3) is 0.577. The van der Waals surface area contributed by atoms with Crippen LogP contribution in [-0.2, 0) is 4.74 Å². The van der Waals surface area contributed by atoms with Crippen molar-refractivity contribution < 1.29 is 13.9 Å². The van der Waals surface area contributed by atoms with Crippen LogP contribution in [0, 0.1) is 5.92 Å². The standard InChI is InChI=1S/C26H35N5O4/c1-26(2)22(14-19-13-18-5-6-25(32)33-20(18)15-21(19)35-26)34-24-16-23(28-17-29-24)27-7-4-8-31-11-9-30(3)10-12-31/h5-6,13,15-17,19,21-22H,4,7-12,14H2,1-3H3,(H,27,28,29)/t19?,21?,22-/m0/s1. The van der Waals surface area contributed by atoms with Gasteiger partial charge < -0.3 is 29.0 Å². The third-order valence-electron chi connectivity index (χ3n) is 7.18. The molecule has 2 aliphatic heterocycles. The van der Waals surface area contributed by atoms with E-state index in [4.69, 9.17) is 13.9 Å². The van der Waals surface area contributed by atoms with Crippen molar-refractivity contribution in [2.24, 2.45) is 5.92 Å². The molecule has 188 valence electrons. The quantitative estimate of drug-likeness (QED) is 0.573. The molecule has 0 amide bonds. The summed E-state index contributed by atoms with van der Waals surface area (Å²) < 4.78 is 18.1. The monoisotopic (exact) mass is 481 g/mol. The number of hydrogen-bond acceptors (Lipinski definition) is 9. The fourth-order valence-corrected chi connectivity index (χ4v) is 5.02. The van der Waals surface area contributed by atoms with Gasteiger partial charge >= 0.3 is 5.63 Å². The molecule has 0 aromatic carbocycles. The van der Waals surface area contributed by atoms with Gasteiger partial charge in [-0.2, -0.15) is 0 Å². The van der Waals surface area contributed by atoms with E-state index in [1.54, 1.807) is 6.07 Å². The maximum Gasteiger partial charge on any atom is 0.336 e. The lowest BCUT2D eigenvalue weighted by atomic mass is 9.82. The molecule has 0 spiro atoms. The van der Waals surface area contributed by atoms with Gasteiger partial charge in [-0.15, -0.1) is 0 Å². The van der Waals surface area contributed by atoms with Gasteiger partial charge in [-0.3, -0.25) is 0 Å². The van der Waals surface area contributed by atoms with Crippen molar-refractivity contribution in [3.63, 3.8) is 0 Å². The van der Waals surface area contributed by atoms with Crippen LogP contribution >= 0.6 is 0 Å². The lowest BCUT2D eigenvalue weighted by Gasteiger charge is -2.45. The molecule has 4 heterocycles. The maximum atomic E-state index is 11.6. The number of piperazine rings is 1. The van der Waals surface area contributed by atoms with E-state index in [1.165, 1.54) is 12.4 Å². The highest BCUT2D eigenvalue weighted by Gasteiger charge is 2.44. The first-order valence-electron chi connectivity index (χ1n) is 12.5. The lowest BCUT2D eigenvalue weighted by molar-refractivity contribution is -0.156. The summed E-state index contributed by atoms with van der Waals surface area (Å²) in [7, 11) is 2.18. The number of aromatic nitrogens is 2. The second-order valence-electron chi connectivity index (χ2n) is 10.3. The van der Waals surface area contributed by atoms with Crippen LogP contribution in [0.4, 0.5) is 5.82 Å². The number of nitrogens with zero attached hydrogens (tertiary/aromatic N) is 4. The summed E-state index contributed by atoms with van der Waals surface area (Å²) in [5.41, 5.74) is -0.317. The summed E-state index contributed by atoms with van der Waals surface area (Å²) in [6.07, 6.45) is 7.04. The van der Waals surface area contributed by atoms with E-state index in [9.17, 15) is 4.79 Å². The van der Waals surface area contributed by atoms with E-state index in [0.717, 1.165) is 63.1 Å². The first-order valence-corrected chi connectivity index (χ1v) is 12.5. The smallest absolute Gasteiger partial charge is 0.336 e. The molecule has 9 heteroatoms. The molecule has 2 aromatic rings. The highest BCUT2D eigenvalue weighted by Crippen LogP contribution is 2.37. The third kappa shape index (κ3) is 5.74. The largest absolute Gasteiger partial charge is 0.471 e. The highest BCUT2D eigenvalue weighted by atomic mass is 16.6. The highest BCUT2D eigenvalue weighted by molar-refractivity contribution is 5.43. The van der Waals surface area contributed by atoms with Crippen LogP contribution in [0.5, 0.6) is 5.88 Å². The second kappa shape index (κ2) is 10.1. The van der Waals surface area contributed by atoms with Crippen LogP contribution in [0.2, 0.25) is 0 Å². The predicted molar refractivity (Wildman–Crippen MR) is 134 cm³/mol. The zero-order chi connectivity index (χ0) is 24.4. The van der Waals surface area contributed by atoms with Crippen LogP contribution in [0.25, 0.3) is 12.2 Å². The Balaban J connectivity index is 1.19. The zero-order valence-electron chi connectivity index (χ0n) is 20.8.